The number of hydrogen-bond donors (Lipinski definition) is 1. The molecular weight excluding hydrogens is 454 g/mol. The number of rotatable bonds is 11. The number of nitrogens with zero attached hydrogens (tertiary/aromatic N) is 2. The molecule has 0 aliphatic rings. The molecule has 0 atom stereocenters. The molecular formula is C21H27N3O8S. The van der Waals surface area contributed by atoms with Gasteiger partial charge in [-0.2, -0.15) is 5.10 Å². The minimum Gasteiger partial charge on any atom is -0.497 e. The van der Waals surface area contributed by atoms with Crippen LogP contribution in [0.5, 0.6) is 28.7 Å². The maximum Gasteiger partial charge on any atom is 0.260 e. The summed E-state index contributed by atoms with van der Waals surface area (Å²) in [6, 6.07) is 7.86. The lowest BCUT2D eigenvalue weighted by atomic mass is 10.2. The van der Waals surface area contributed by atoms with Crippen molar-refractivity contribution in [3.63, 3.8) is 0 Å². The van der Waals surface area contributed by atoms with Gasteiger partial charge in [0.05, 0.1) is 53.7 Å². The number of hydrogen-bond acceptors (Lipinski definition) is 9. The van der Waals surface area contributed by atoms with Crippen molar-refractivity contribution in [2.45, 2.75) is 0 Å². The molecule has 33 heavy (non-hydrogen) atoms. The van der Waals surface area contributed by atoms with E-state index in [-0.39, 0.29) is 11.4 Å². The van der Waals surface area contributed by atoms with Gasteiger partial charge in [0.2, 0.25) is 15.8 Å². The van der Waals surface area contributed by atoms with Gasteiger partial charge in [-0.05, 0) is 24.3 Å². The van der Waals surface area contributed by atoms with Gasteiger partial charge in [-0.3, -0.25) is 9.10 Å². The van der Waals surface area contributed by atoms with Crippen LogP contribution >= 0.6 is 0 Å². The third-order valence-corrected chi connectivity index (χ3v) is 5.56. The number of amides is 1. The summed E-state index contributed by atoms with van der Waals surface area (Å²) in [4.78, 5) is 12.5. The predicted molar refractivity (Wildman–Crippen MR) is 124 cm³/mol. The molecule has 180 valence electrons. The summed E-state index contributed by atoms with van der Waals surface area (Å²) in [5.41, 5.74) is 3.05. The molecule has 0 saturated carbocycles. The topological polar surface area (TPSA) is 125 Å². The van der Waals surface area contributed by atoms with E-state index in [1.54, 1.807) is 18.2 Å². The van der Waals surface area contributed by atoms with Gasteiger partial charge >= 0.3 is 0 Å². The Morgan fingerprint density at radius 1 is 0.939 bits per heavy atom. The van der Waals surface area contributed by atoms with Crippen LogP contribution in [0, 0.1) is 0 Å². The van der Waals surface area contributed by atoms with Gasteiger partial charge in [0.25, 0.3) is 5.91 Å². The molecule has 0 fully saturated rings. The number of ether oxygens (including phenoxy) is 5. The van der Waals surface area contributed by atoms with Crippen LogP contribution in [0.25, 0.3) is 0 Å². The van der Waals surface area contributed by atoms with E-state index in [0.717, 1.165) is 10.6 Å². The second-order valence-corrected chi connectivity index (χ2v) is 8.47. The molecule has 12 heteroatoms. The number of sulfonamides is 1. The number of methoxy groups -OCH3 is 5. The summed E-state index contributed by atoms with van der Waals surface area (Å²) in [7, 11) is 3.49. The zero-order chi connectivity index (χ0) is 24.6. The number of hydrazone groups is 1. The summed E-state index contributed by atoms with van der Waals surface area (Å²) in [6.07, 6.45) is 2.35. The van der Waals surface area contributed by atoms with Gasteiger partial charge in [0, 0.05) is 11.6 Å². The summed E-state index contributed by atoms with van der Waals surface area (Å²) < 4.78 is 51.9. The quantitative estimate of drug-likeness (QED) is 0.379. The van der Waals surface area contributed by atoms with Crippen LogP contribution in [0.15, 0.2) is 35.4 Å². The minimum absolute atomic E-state index is 0.185. The highest BCUT2D eigenvalue weighted by Crippen LogP contribution is 2.37. The van der Waals surface area contributed by atoms with E-state index in [2.05, 4.69) is 10.5 Å². The lowest BCUT2D eigenvalue weighted by molar-refractivity contribution is -0.119. The smallest absolute Gasteiger partial charge is 0.260 e. The van der Waals surface area contributed by atoms with E-state index in [0.29, 0.717) is 28.6 Å². The Kier molecular flexibility index (Phi) is 8.74. The summed E-state index contributed by atoms with van der Waals surface area (Å²) in [5.74, 6) is 1.29. The van der Waals surface area contributed by atoms with Crippen molar-refractivity contribution >= 4 is 27.8 Å². The van der Waals surface area contributed by atoms with Gasteiger partial charge in [-0.15, -0.1) is 0 Å². The van der Waals surface area contributed by atoms with Gasteiger partial charge in [0.1, 0.15) is 18.0 Å². The molecule has 1 N–H and O–H groups in total. The highest BCUT2D eigenvalue weighted by Gasteiger charge is 2.24. The van der Waals surface area contributed by atoms with Crippen molar-refractivity contribution in [3.8, 4) is 28.7 Å². The average molecular weight is 482 g/mol. The molecule has 0 unspecified atom stereocenters. The predicted octanol–water partition coefficient (Wildman–Crippen LogP) is 1.65. The molecule has 0 aromatic heterocycles. The minimum atomic E-state index is -3.82. The molecule has 2 aromatic rings. The SMILES string of the molecule is COc1ccc(N(CC(=O)N/N=C\c2cc(OC)c(OC)c(OC)c2)S(C)(=O)=O)c(OC)c1. The lowest BCUT2D eigenvalue weighted by Crippen LogP contribution is -2.39. The Bertz CT molecular complexity index is 1090. The van der Waals surface area contributed by atoms with Gasteiger partial charge in [0.15, 0.2) is 11.5 Å². The fourth-order valence-corrected chi connectivity index (χ4v) is 3.75. The molecule has 1 amide bonds. The Labute approximate surface area is 192 Å². The first-order valence-corrected chi connectivity index (χ1v) is 11.3. The van der Waals surface area contributed by atoms with Crippen molar-refractivity contribution in [3.05, 3.63) is 35.9 Å². The van der Waals surface area contributed by atoms with Crippen LogP contribution in [0.2, 0.25) is 0 Å². The molecule has 2 aromatic carbocycles. The lowest BCUT2D eigenvalue weighted by Gasteiger charge is -2.23. The second kappa shape index (κ2) is 11.3. The number of anilines is 1. The fourth-order valence-electron chi connectivity index (χ4n) is 2.89. The first-order chi connectivity index (χ1) is 15.7. The number of benzene rings is 2. The van der Waals surface area contributed by atoms with E-state index in [4.69, 9.17) is 23.7 Å². The average Bonchev–Trinajstić information content (AvgIpc) is 2.80. The molecule has 0 radical (unpaired) electrons. The highest BCUT2D eigenvalue weighted by molar-refractivity contribution is 7.92. The van der Waals surface area contributed by atoms with Crippen LogP contribution < -0.4 is 33.4 Å². The standard InChI is InChI=1S/C21H27N3O8S/c1-28-15-7-8-16(17(11-15)29-2)24(33(6,26)27)13-20(25)23-22-12-14-9-18(30-3)21(32-5)19(10-14)31-4/h7-12H,13H2,1-6H3,(H,23,25)/b22-12-. The fraction of sp³-hybridized carbons (Fsp3) is 0.333. The van der Waals surface area contributed by atoms with E-state index in [1.165, 1.54) is 53.9 Å². The first kappa shape index (κ1) is 25.6. The number of carbonyl (C=O) groups is 1. The zero-order valence-electron chi connectivity index (χ0n) is 19.2. The van der Waals surface area contributed by atoms with E-state index in [9.17, 15) is 13.2 Å². The van der Waals surface area contributed by atoms with Gasteiger partial charge in [-0.1, -0.05) is 0 Å². The largest absolute Gasteiger partial charge is 0.497 e. The molecule has 2 rings (SSSR count). The highest BCUT2D eigenvalue weighted by atomic mass is 32.2. The van der Waals surface area contributed by atoms with Crippen molar-refractivity contribution < 1.29 is 36.9 Å². The Morgan fingerprint density at radius 2 is 1.55 bits per heavy atom. The third kappa shape index (κ3) is 6.42. The Hall–Kier alpha value is -3.67. The molecule has 0 aliphatic carbocycles. The molecule has 0 spiro atoms. The van der Waals surface area contributed by atoms with Crippen LogP contribution in [0.1, 0.15) is 5.56 Å². The van der Waals surface area contributed by atoms with Crippen molar-refractivity contribution in [2.24, 2.45) is 5.10 Å². The van der Waals surface area contributed by atoms with Gasteiger partial charge in [-0.25, -0.2) is 13.8 Å². The van der Waals surface area contributed by atoms with Crippen molar-refractivity contribution in [2.75, 3.05) is 52.7 Å². The Morgan fingerprint density at radius 3 is 2.03 bits per heavy atom. The van der Waals surface area contributed by atoms with Crippen molar-refractivity contribution in [1.29, 1.82) is 0 Å². The molecule has 0 aliphatic heterocycles. The second-order valence-electron chi connectivity index (χ2n) is 6.56. The van der Waals surface area contributed by atoms with Crippen LogP contribution in [-0.2, 0) is 14.8 Å². The maximum atomic E-state index is 12.5. The van der Waals surface area contributed by atoms with Crippen LogP contribution in [0.3, 0.4) is 0 Å². The molecule has 0 bridgehead atoms. The summed E-state index contributed by atoms with van der Waals surface area (Å²) in [5, 5.41) is 3.90. The van der Waals surface area contributed by atoms with Crippen LogP contribution in [0.4, 0.5) is 5.69 Å². The summed E-state index contributed by atoms with van der Waals surface area (Å²) in [6.45, 7) is -0.520. The molecule has 0 saturated heterocycles. The molecule has 0 heterocycles. The third-order valence-electron chi connectivity index (χ3n) is 4.43. The van der Waals surface area contributed by atoms with E-state index in [1.807, 2.05) is 0 Å². The normalized spacial score (nSPS) is 11.1. The Balaban J connectivity index is 2.22. The summed E-state index contributed by atoms with van der Waals surface area (Å²) >= 11 is 0. The van der Waals surface area contributed by atoms with E-state index >= 15 is 0 Å². The van der Waals surface area contributed by atoms with Crippen molar-refractivity contribution in [1.82, 2.24) is 5.43 Å². The monoisotopic (exact) mass is 481 g/mol. The number of nitrogens with one attached hydrogen (secondary N) is 1. The number of carbonyl (C=O) groups excluding carboxylic acids is 1. The van der Waals surface area contributed by atoms with E-state index < -0.39 is 22.5 Å². The van der Waals surface area contributed by atoms with Gasteiger partial charge < -0.3 is 23.7 Å². The first-order valence-electron chi connectivity index (χ1n) is 9.50. The zero-order valence-corrected chi connectivity index (χ0v) is 20.1. The molecule has 11 nitrogen and oxygen atoms in total. The van der Waals surface area contributed by atoms with Crippen LogP contribution in [-0.4, -0.2) is 68.9 Å². The maximum absolute atomic E-state index is 12.5.